The standard InChI is InChI=1S/C13H25N3O2/c1-4-9-16(12-5-7-14-8-6-12)13(18)10-15(3)11(2)17/h12,14H,4-10H2,1-3H3. The van der Waals surface area contributed by atoms with Crippen LogP contribution in [0.1, 0.15) is 33.1 Å². The first-order valence-electron chi connectivity index (χ1n) is 6.78. The fourth-order valence-electron chi connectivity index (χ4n) is 2.28. The zero-order chi connectivity index (χ0) is 13.5. The number of hydrogen-bond acceptors (Lipinski definition) is 3. The lowest BCUT2D eigenvalue weighted by atomic mass is 10.0. The summed E-state index contributed by atoms with van der Waals surface area (Å²) in [4.78, 5) is 26.9. The summed E-state index contributed by atoms with van der Waals surface area (Å²) in [6, 6.07) is 0.332. The molecule has 1 aliphatic rings. The smallest absolute Gasteiger partial charge is 0.242 e. The first-order chi connectivity index (χ1) is 8.56. The molecule has 1 fully saturated rings. The molecule has 5 nitrogen and oxygen atoms in total. The molecule has 0 aliphatic carbocycles. The van der Waals surface area contributed by atoms with Gasteiger partial charge in [0.05, 0.1) is 6.54 Å². The first-order valence-corrected chi connectivity index (χ1v) is 6.78. The van der Waals surface area contributed by atoms with Gasteiger partial charge in [-0.1, -0.05) is 6.92 Å². The largest absolute Gasteiger partial charge is 0.338 e. The summed E-state index contributed by atoms with van der Waals surface area (Å²) in [5, 5.41) is 3.31. The van der Waals surface area contributed by atoms with E-state index in [0.717, 1.165) is 38.9 Å². The number of likely N-dealkylation sites (N-methyl/N-ethyl adjacent to an activating group) is 1. The zero-order valence-corrected chi connectivity index (χ0v) is 11.7. The molecule has 1 N–H and O–H groups in total. The van der Waals surface area contributed by atoms with E-state index in [1.165, 1.54) is 11.8 Å². The Morgan fingerprint density at radius 1 is 1.28 bits per heavy atom. The van der Waals surface area contributed by atoms with E-state index in [0.29, 0.717) is 6.04 Å². The number of carbonyl (C=O) groups excluding carboxylic acids is 2. The number of rotatable bonds is 5. The molecule has 0 aromatic rings. The monoisotopic (exact) mass is 255 g/mol. The molecule has 0 aromatic heterocycles. The van der Waals surface area contributed by atoms with Gasteiger partial charge in [-0.3, -0.25) is 9.59 Å². The SMILES string of the molecule is CCCN(C(=O)CN(C)C(C)=O)C1CCNCC1. The molecule has 0 radical (unpaired) electrons. The molecule has 104 valence electrons. The topological polar surface area (TPSA) is 52.7 Å². The molecule has 0 saturated carbocycles. The second-order valence-corrected chi connectivity index (χ2v) is 4.94. The van der Waals surface area contributed by atoms with Crippen LogP contribution >= 0.6 is 0 Å². The molecule has 0 unspecified atom stereocenters. The van der Waals surface area contributed by atoms with Crippen LogP contribution in [0.5, 0.6) is 0 Å². The minimum absolute atomic E-state index is 0.0647. The molecule has 5 heteroatoms. The average Bonchev–Trinajstić information content (AvgIpc) is 2.36. The maximum absolute atomic E-state index is 12.3. The van der Waals surface area contributed by atoms with Gasteiger partial charge >= 0.3 is 0 Å². The van der Waals surface area contributed by atoms with Gasteiger partial charge in [0.15, 0.2) is 0 Å². The van der Waals surface area contributed by atoms with Crippen molar-refractivity contribution in [3.63, 3.8) is 0 Å². The molecule has 0 atom stereocenters. The van der Waals surface area contributed by atoms with Gasteiger partial charge in [0.25, 0.3) is 0 Å². The third-order valence-corrected chi connectivity index (χ3v) is 3.44. The van der Waals surface area contributed by atoms with Gasteiger partial charge in [-0.05, 0) is 32.4 Å². The van der Waals surface area contributed by atoms with E-state index in [1.807, 2.05) is 4.90 Å². The minimum Gasteiger partial charge on any atom is -0.338 e. The Morgan fingerprint density at radius 3 is 2.39 bits per heavy atom. The van der Waals surface area contributed by atoms with Crippen molar-refractivity contribution in [1.82, 2.24) is 15.1 Å². The van der Waals surface area contributed by atoms with Crippen molar-refractivity contribution in [1.29, 1.82) is 0 Å². The van der Waals surface area contributed by atoms with Crippen LogP contribution in [0.25, 0.3) is 0 Å². The molecule has 0 spiro atoms. The highest BCUT2D eigenvalue weighted by atomic mass is 16.2. The fraction of sp³-hybridized carbons (Fsp3) is 0.846. The predicted octanol–water partition coefficient (Wildman–Crippen LogP) is 0.455. The molecule has 1 saturated heterocycles. The quantitative estimate of drug-likeness (QED) is 0.776. The maximum Gasteiger partial charge on any atom is 0.242 e. The van der Waals surface area contributed by atoms with Crippen LogP contribution in [-0.4, -0.2) is 60.9 Å². The Labute approximate surface area is 110 Å². The molecule has 18 heavy (non-hydrogen) atoms. The number of nitrogens with zero attached hydrogens (tertiary/aromatic N) is 2. The summed E-state index contributed by atoms with van der Waals surface area (Å²) >= 11 is 0. The number of nitrogens with one attached hydrogen (secondary N) is 1. The van der Waals surface area contributed by atoms with Crippen molar-refractivity contribution in [2.45, 2.75) is 39.2 Å². The molecule has 0 bridgehead atoms. The average molecular weight is 255 g/mol. The van der Waals surface area contributed by atoms with Crippen LogP contribution < -0.4 is 5.32 Å². The molecule has 0 aromatic carbocycles. The van der Waals surface area contributed by atoms with Crippen LogP contribution in [0, 0.1) is 0 Å². The summed E-state index contributed by atoms with van der Waals surface area (Å²) in [6.45, 7) is 6.49. The number of amides is 2. The lowest BCUT2D eigenvalue weighted by Gasteiger charge is -2.35. The van der Waals surface area contributed by atoms with Crippen LogP contribution in [-0.2, 0) is 9.59 Å². The third-order valence-electron chi connectivity index (χ3n) is 3.44. The first kappa shape index (κ1) is 15.0. The normalized spacial score (nSPS) is 16.4. The number of piperidine rings is 1. The fourth-order valence-corrected chi connectivity index (χ4v) is 2.28. The summed E-state index contributed by atoms with van der Waals surface area (Å²) in [6.07, 6.45) is 2.98. The van der Waals surface area contributed by atoms with Crippen molar-refractivity contribution >= 4 is 11.8 Å². The van der Waals surface area contributed by atoms with Crippen molar-refractivity contribution in [2.24, 2.45) is 0 Å². The second-order valence-electron chi connectivity index (χ2n) is 4.94. The second kappa shape index (κ2) is 7.36. The molecular weight excluding hydrogens is 230 g/mol. The highest BCUT2D eigenvalue weighted by molar-refractivity contribution is 5.83. The van der Waals surface area contributed by atoms with Crippen molar-refractivity contribution in [3.05, 3.63) is 0 Å². The summed E-state index contributed by atoms with van der Waals surface area (Å²) in [7, 11) is 1.67. The van der Waals surface area contributed by atoms with Crippen LogP contribution in [0.2, 0.25) is 0 Å². The van der Waals surface area contributed by atoms with Gasteiger partial charge in [-0.2, -0.15) is 0 Å². The highest BCUT2D eigenvalue weighted by Gasteiger charge is 2.25. The van der Waals surface area contributed by atoms with E-state index in [-0.39, 0.29) is 18.4 Å². The summed E-state index contributed by atoms with van der Waals surface area (Å²) in [5.41, 5.74) is 0. The molecule has 1 heterocycles. The van der Waals surface area contributed by atoms with E-state index in [4.69, 9.17) is 0 Å². The van der Waals surface area contributed by atoms with E-state index in [9.17, 15) is 9.59 Å². The van der Waals surface area contributed by atoms with E-state index in [2.05, 4.69) is 12.2 Å². The third kappa shape index (κ3) is 4.29. The maximum atomic E-state index is 12.3. The van der Waals surface area contributed by atoms with Crippen molar-refractivity contribution in [3.8, 4) is 0 Å². The van der Waals surface area contributed by atoms with E-state index >= 15 is 0 Å². The Morgan fingerprint density at radius 2 is 1.89 bits per heavy atom. The van der Waals surface area contributed by atoms with Gasteiger partial charge in [-0.25, -0.2) is 0 Å². The van der Waals surface area contributed by atoms with Gasteiger partial charge < -0.3 is 15.1 Å². The van der Waals surface area contributed by atoms with Crippen molar-refractivity contribution in [2.75, 3.05) is 33.2 Å². The van der Waals surface area contributed by atoms with E-state index in [1.54, 1.807) is 7.05 Å². The summed E-state index contributed by atoms with van der Waals surface area (Å²) < 4.78 is 0. The summed E-state index contributed by atoms with van der Waals surface area (Å²) in [5.74, 6) is 0.00607. The Bertz CT molecular complexity index is 288. The van der Waals surface area contributed by atoms with Crippen molar-refractivity contribution < 1.29 is 9.59 Å². The molecular formula is C13H25N3O2. The predicted molar refractivity (Wildman–Crippen MR) is 71.2 cm³/mol. The van der Waals surface area contributed by atoms with Gasteiger partial charge in [0.1, 0.15) is 0 Å². The molecule has 1 aliphatic heterocycles. The Balaban J connectivity index is 2.59. The Hall–Kier alpha value is -1.10. The van der Waals surface area contributed by atoms with Crippen LogP contribution in [0.3, 0.4) is 0 Å². The lowest BCUT2D eigenvalue weighted by molar-refractivity contribution is -0.140. The number of carbonyl (C=O) groups is 2. The van der Waals surface area contributed by atoms with Gasteiger partial charge in [0, 0.05) is 26.6 Å². The Kier molecular flexibility index (Phi) is 6.12. The zero-order valence-electron chi connectivity index (χ0n) is 11.7. The van der Waals surface area contributed by atoms with Crippen LogP contribution in [0.4, 0.5) is 0 Å². The molecule has 2 amide bonds. The highest BCUT2D eigenvalue weighted by Crippen LogP contribution is 2.13. The van der Waals surface area contributed by atoms with Gasteiger partial charge in [0.2, 0.25) is 11.8 Å². The van der Waals surface area contributed by atoms with Gasteiger partial charge in [-0.15, -0.1) is 0 Å². The van der Waals surface area contributed by atoms with Crippen LogP contribution in [0.15, 0.2) is 0 Å². The molecule has 1 rings (SSSR count). The van der Waals surface area contributed by atoms with E-state index < -0.39 is 0 Å². The number of hydrogen-bond donors (Lipinski definition) is 1. The minimum atomic E-state index is -0.0647. The lowest BCUT2D eigenvalue weighted by Crippen LogP contribution is -2.49.